The van der Waals surface area contributed by atoms with Crippen LogP contribution in [0.4, 0.5) is 0 Å². The Morgan fingerprint density at radius 3 is 2.68 bits per heavy atom. The number of ether oxygens (including phenoxy) is 1. The van der Waals surface area contributed by atoms with Gasteiger partial charge in [0.1, 0.15) is 0 Å². The van der Waals surface area contributed by atoms with E-state index in [1.165, 1.54) is 0 Å². The molecule has 0 bridgehead atoms. The molecule has 0 spiro atoms. The lowest BCUT2D eigenvalue weighted by molar-refractivity contribution is -0.163. The molecule has 1 aliphatic carbocycles. The van der Waals surface area contributed by atoms with Crippen LogP contribution in [0, 0.1) is 5.92 Å². The Hall–Kier alpha value is -1.58. The number of allylic oxidation sites excluding steroid dienone is 2. The fourth-order valence-corrected chi connectivity index (χ4v) is 2.09. The van der Waals surface area contributed by atoms with E-state index < -0.39 is 11.6 Å². The summed E-state index contributed by atoms with van der Waals surface area (Å²) in [7, 11) is 1.55. The second-order valence-corrected chi connectivity index (χ2v) is 5.18. The van der Waals surface area contributed by atoms with Crippen LogP contribution in [0.2, 0.25) is 0 Å². The molecule has 0 aromatic heterocycles. The highest BCUT2D eigenvalue weighted by Crippen LogP contribution is 2.22. The van der Waals surface area contributed by atoms with Gasteiger partial charge in [0, 0.05) is 7.05 Å². The van der Waals surface area contributed by atoms with E-state index in [2.05, 4.69) is 12.2 Å². The average Bonchev–Trinajstić information content (AvgIpc) is 2.38. The minimum atomic E-state index is -1.10. The van der Waals surface area contributed by atoms with E-state index in [0.29, 0.717) is 17.9 Å². The molecule has 1 amide bonds. The summed E-state index contributed by atoms with van der Waals surface area (Å²) in [5, 5.41) is 2.55. The summed E-state index contributed by atoms with van der Waals surface area (Å²) in [6, 6.07) is 0. The molecule has 0 aromatic carbocycles. The number of rotatable bonds is 5. The average molecular weight is 265 g/mol. The molecule has 0 radical (unpaired) electrons. The first kappa shape index (κ1) is 15.5. The Balaban J connectivity index is 2.78. The number of hydrogen-bond acceptors (Lipinski definition) is 3. The fraction of sp³-hybridized carbons (Fsp3) is 0.600. The van der Waals surface area contributed by atoms with Gasteiger partial charge in [0.05, 0.1) is 5.57 Å². The molecule has 1 N–H and O–H groups in total. The largest absolute Gasteiger partial charge is 0.446 e. The van der Waals surface area contributed by atoms with Gasteiger partial charge in [0.15, 0.2) is 5.60 Å². The molecular formula is C15H23NO3. The third-order valence-electron chi connectivity index (χ3n) is 3.30. The Morgan fingerprint density at radius 2 is 2.21 bits per heavy atom. The first-order valence-corrected chi connectivity index (χ1v) is 6.77. The first-order valence-electron chi connectivity index (χ1n) is 6.77. The number of nitrogens with one attached hydrogen (secondary N) is 1. The minimum Gasteiger partial charge on any atom is -0.446 e. The highest BCUT2D eigenvalue weighted by atomic mass is 16.6. The maximum Gasteiger partial charge on any atom is 0.338 e. The van der Waals surface area contributed by atoms with E-state index in [1.54, 1.807) is 20.0 Å². The van der Waals surface area contributed by atoms with E-state index in [-0.39, 0.29) is 5.91 Å². The van der Waals surface area contributed by atoms with Crippen LogP contribution in [0.5, 0.6) is 0 Å². The molecule has 0 aliphatic heterocycles. The molecule has 2 atom stereocenters. The van der Waals surface area contributed by atoms with Crippen LogP contribution in [-0.2, 0) is 14.3 Å². The summed E-state index contributed by atoms with van der Waals surface area (Å²) in [4.78, 5) is 24.0. The van der Waals surface area contributed by atoms with E-state index in [0.717, 1.165) is 12.8 Å². The van der Waals surface area contributed by atoms with Gasteiger partial charge in [-0.2, -0.15) is 0 Å². The molecule has 2 unspecified atom stereocenters. The van der Waals surface area contributed by atoms with Crippen molar-refractivity contribution in [1.29, 1.82) is 0 Å². The van der Waals surface area contributed by atoms with Crippen molar-refractivity contribution in [1.82, 2.24) is 5.32 Å². The van der Waals surface area contributed by atoms with E-state index >= 15 is 0 Å². The van der Waals surface area contributed by atoms with Crippen molar-refractivity contribution in [3.05, 3.63) is 23.8 Å². The molecule has 0 saturated heterocycles. The highest BCUT2D eigenvalue weighted by molar-refractivity contribution is 5.95. The smallest absolute Gasteiger partial charge is 0.338 e. The Bertz CT molecular complexity index is 412. The van der Waals surface area contributed by atoms with Gasteiger partial charge in [-0.1, -0.05) is 38.5 Å². The number of carbonyl (C=O) groups is 2. The molecule has 0 fully saturated rings. The van der Waals surface area contributed by atoms with Crippen molar-refractivity contribution in [2.75, 3.05) is 7.05 Å². The van der Waals surface area contributed by atoms with Crippen molar-refractivity contribution in [2.45, 2.75) is 45.6 Å². The summed E-state index contributed by atoms with van der Waals surface area (Å²) < 4.78 is 5.44. The number of hydrogen-bond donors (Lipinski definition) is 1. The first-order chi connectivity index (χ1) is 8.92. The molecule has 4 heteroatoms. The molecule has 1 rings (SSSR count). The minimum absolute atomic E-state index is 0.267. The molecule has 0 heterocycles. The maximum atomic E-state index is 12.1. The van der Waals surface area contributed by atoms with Gasteiger partial charge in [-0.15, -0.1) is 0 Å². The number of esters is 1. The predicted molar refractivity (Wildman–Crippen MR) is 74.5 cm³/mol. The monoisotopic (exact) mass is 265 g/mol. The molecule has 1 aliphatic rings. The van der Waals surface area contributed by atoms with Crippen LogP contribution >= 0.6 is 0 Å². The van der Waals surface area contributed by atoms with Gasteiger partial charge in [-0.3, -0.25) is 4.79 Å². The Labute approximate surface area is 114 Å². The predicted octanol–water partition coefficient (Wildman–Crippen LogP) is 2.36. The number of amides is 1. The highest BCUT2D eigenvalue weighted by Gasteiger charge is 2.36. The lowest BCUT2D eigenvalue weighted by Gasteiger charge is -2.27. The summed E-state index contributed by atoms with van der Waals surface area (Å²) in [5.41, 5.74) is -0.567. The second-order valence-electron chi connectivity index (χ2n) is 5.18. The third kappa shape index (κ3) is 3.94. The van der Waals surface area contributed by atoms with Gasteiger partial charge in [0.25, 0.3) is 5.91 Å². The van der Waals surface area contributed by atoms with Gasteiger partial charge in [-0.25, -0.2) is 4.79 Å². The molecule has 4 nitrogen and oxygen atoms in total. The van der Waals surface area contributed by atoms with Gasteiger partial charge < -0.3 is 10.1 Å². The summed E-state index contributed by atoms with van der Waals surface area (Å²) >= 11 is 0. The summed E-state index contributed by atoms with van der Waals surface area (Å²) in [5.74, 6) is -0.253. The van der Waals surface area contributed by atoms with Gasteiger partial charge in [-0.05, 0) is 25.7 Å². The van der Waals surface area contributed by atoms with Crippen molar-refractivity contribution >= 4 is 11.9 Å². The molecule has 19 heavy (non-hydrogen) atoms. The standard InChI is InChI=1S/C15H23NO3/c1-5-10-15(3,14(18)16-4)19-13(17)12-8-6-11(2)7-9-12/h6,8-9,11H,5,7,10H2,1-4H3,(H,16,18). The lowest BCUT2D eigenvalue weighted by Crippen LogP contribution is -2.46. The Morgan fingerprint density at radius 1 is 1.53 bits per heavy atom. The number of likely N-dealkylation sites (N-methyl/N-ethyl adjacent to an activating group) is 1. The van der Waals surface area contributed by atoms with Gasteiger partial charge in [0.2, 0.25) is 0 Å². The van der Waals surface area contributed by atoms with Crippen LogP contribution in [-0.4, -0.2) is 24.5 Å². The summed E-state index contributed by atoms with van der Waals surface area (Å²) in [6.07, 6.45) is 7.71. The van der Waals surface area contributed by atoms with Crippen LogP contribution in [0.25, 0.3) is 0 Å². The SMILES string of the molecule is CCCC(C)(OC(=O)C1=CCC(C)C=C1)C(=O)NC. The molecule has 0 aromatic rings. The molecular weight excluding hydrogens is 242 g/mol. The summed E-state index contributed by atoms with van der Waals surface area (Å²) in [6.45, 7) is 5.69. The fourth-order valence-electron chi connectivity index (χ4n) is 2.09. The third-order valence-corrected chi connectivity index (χ3v) is 3.30. The number of carbonyl (C=O) groups excluding carboxylic acids is 2. The van der Waals surface area contributed by atoms with Crippen LogP contribution in [0.15, 0.2) is 23.8 Å². The van der Waals surface area contributed by atoms with Gasteiger partial charge >= 0.3 is 5.97 Å². The quantitative estimate of drug-likeness (QED) is 0.776. The zero-order valence-electron chi connectivity index (χ0n) is 12.2. The zero-order chi connectivity index (χ0) is 14.5. The van der Waals surface area contributed by atoms with Crippen LogP contribution < -0.4 is 5.32 Å². The van der Waals surface area contributed by atoms with E-state index in [4.69, 9.17) is 4.74 Å². The normalized spacial score (nSPS) is 21.3. The maximum absolute atomic E-state index is 12.1. The second kappa shape index (κ2) is 6.55. The van der Waals surface area contributed by atoms with E-state index in [9.17, 15) is 9.59 Å². The van der Waals surface area contributed by atoms with Crippen molar-refractivity contribution in [3.8, 4) is 0 Å². The van der Waals surface area contributed by atoms with Crippen LogP contribution in [0.3, 0.4) is 0 Å². The topological polar surface area (TPSA) is 55.4 Å². The van der Waals surface area contributed by atoms with Crippen molar-refractivity contribution < 1.29 is 14.3 Å². The van der Waals surface area contributed by atoms with Crippen LogP contribution in [0.1, 0.15) is 40.0 Å². The van der Waals surface area contributed by atoms with Crippen molar-refractivity contribution in [2.24, 2.45) is 5.92 Å². The van der Waals surface area contributed by atoms with Crippen molar-refractivity contribution in [3.63, 3.8) is 0 Å². The molecule has 0 saturated carbocycles. The Kier molecular flexibility index (Phi) is 5.33. The lowest BCUT2D eigenvalue weighted by atomic mass is 9.97. The zero-order valence-corrected chi connectivity index (χ0v) is 12.2. The van der Waals surface area contributed by atoms with E-state index in [1.807, 2.05) is 19.1 Å². The molecule has 106 valence electrons.